The van der Waals surface area contributed by atoms with Gasteiger partial charge in [-0.05, 0) is 18.8 Å². The van der Waals surface area contributed by atoms with Gasteiger partial charge in [0.25, 0.3) is 0 Å². The van der Waals surface area contributed by atoms with Gasteiger partial charge in [-0.25, -0.2) is 4.98 Å². The largest absolute Gasteiger partial charge is 0.481 e. The second-order valence-electron chi connectivity index (χ2n) is 6.96. The highest BCUT2D eigenvalue weighted by molar-refractivity contribution is 5.71. The fraction of sp³-hybridized carbons (Fsp3) is 0.800. The first kappa shape index (κ1) is 15.0. The van der Waals surface area contributed by atoms with Gasteiger partial charge in [0.2, 0.25) is 0 Å². The summed E-state index contributed by atoms with van der Waals surface area (Å²) in [6, 6.07) is 0. The molecule has 1 fully saturated rings. The number of aliphatic carboxylic acids is 1. The average Bonchev–Trinajstić information content (AvgIpc) is 2.91. The lowest BCUT2D eigenvalue weighted by molar-refractivity contribution is -0.142. The summed E-state index contributed by atoms with van der Waals surface area (Å²) >= 11 is 0. The Labute approximate surface area is 120 Å². The molecule has 0 radical (unpaired) electrons. The van der Waals surface area contributed by atoms with Gasteiger partial charge in [-0.1, -0.05) is 34.1 Å². The number of carboxylic acids is 1. The number of carbonyl (C=O) groups is 1. The Morgan fingerprint density at radius 2 is 2.05 bits per heavy atom. The van der Waals surface area contributed by atoms with Crippen LogP contribution in [0.2, 0.25) is 0 Å². The zero-order valence-electron chi connectivity index (χ0n) is 13.1. The van der Waals surface area contributed by atoms with Crippen LogP contribution in [0.25, 0.3) is 0 Å². The van der Waals surface area contributed by atoms with Crippen LogP contribution in [-0.4, -0.2) is 25.8 Å². The second-order valence-corrected chi connectivity index (χ2v) is 6.96. The summed E-state index contributed by atoms with van der Waals surface area (Å²) in [5, 5.41) is 13.9. The van der Waals surface area contributed by atoms with Crippen molar-refractivity contribution in [2.45, 2.75) is 58.3 Å². The van der Waals surface area contributed by atoms with Crippen molar-refractivity contribution in [3.05, 3.63) is 11.6 Å². The molecule has 1 aromatic rings. The lowest BCUT2D eigenvalue weighted by Crippen LogP contribution is -2.19. The van der Waals surface area contributed by atoms with Crippen molar-refractivity contribution in [2.75, 3.05) is 0 Å². The highest BCUT2D eigenvalue weighted by atomic mass is 16.4. The lowest BCUT2D eigenvalue weighted by Gasteiger charge is -2.14. The quantitative estimate of drug-likeness (QED) is 0.923. The molecule has 0 aromatic carbocycles. The van der Waals surface area contributed by atoms with Gasteiger partial charge < -0.3 is 5.11 Å². The van der Waals surface area contributed by atoms with E-state index in [0.717, 1.165) is 30.9 Å². The van der Waals surface area contributed by atoms with Crippen molar-refractivity contribution < 1.29 is 9.90 Å². The minimum atomic E-state index is -0.703. The van der Waals surface area contributed by atoms with Crippen LogP contribution >= 0.6 is 0 Å². The first-order valence-corrected chi connectivity index (χ1v) is 7.38. The predicted octanol–water partition coefficient (Wildman–Crippen LogP) is 2.72. The van der Waals surface area contributed by atoms with Crippen molar-refractivity contribution in [3.8, 4) is 0 Å². The summed E-state index contributed by atoms with van der Waals surface area (Å²) in [6.45, 7) is 8.35. The SMILES string of the molecule is CCC1CC(C(=O)O)C(c2nc(C(C)(C)C)nn2C)C1. The van der Waals surface area contributed by atoms with Gasteiger partial charge in [-0.3, -0.25) is 9.48 Å². The monoisotopic (exact) mass is 279 g/mol. The molecular formula is C15H25N3O2. The molecule has 3 unspecified atom stereocenters. The Bertz CT molecular complexity index is 502. The summed E-state index contributed by atoms with van der Waals surface area (Å²) < 4.78 is 1.78. The minimum Gasteiger partial charge on any atom is -0.481 e. The van der Waals surface area contributed by atoms with Crippen LogP contribution in [0.5, 0.6) is 0 Å². The van der Waals surface area contributed by atoms with E-state index in [9.17, 15) is 9.90 Å². The number of hydrogen-bond acceptors (Lipinski definition) is 3. The second kappa shape index (κ2) is 5.19. The number of aryl methyl sites for hydroxylation is 1. The summed E-state index contributed by atoms with van der Waals surface area (Å²) in [5.74, 6) is 1.07. The molecule has 1 aromatic heterocycles. The normalized spacial score (nSPS) is 26.9. The van der Waals surface area contributed by atoms with Gasteiger partial charge in [-0.15, -0.1) is 0 Å². The maximum Gasteiger partial charge on any atom is 0.307 e. The zero-order chi connectivity index (χ0) is 15.1. The van der Waals surface area contributed by atoms with Gasteiger partial charge in [0, 0.05) is 18.4 Å². The molecule has 0 bridgehead atoms. The van der Waals surface area contributed by atoms with Gasteiger partial charge >= 0.3 is 5.97 Å². The van der Waals surface area contributed by atoms with E-state index in [2.05, 4.69) is 37.8 Å². The van der Waals surface area contributed by atoms with Crippen molar-refractivity contribution in [1.82, 2.24) is 14.8 Å². The zero-order valence-corrected chi connectivity index (χ0v) is 13.1. The molecule has 2 rings (SSSR count). The van der Waals surface area contributed by atoms with Crippen molar-refractivity contribution in [2.24, 2.45) is 18.9 Å². The highest BCUT2D eigenvalue weighted by Gasteiger charge is 2.41. The number of nitrogens with zero attached hydrogens (tertiary/aromatic N) is 3. The van der Waals surface area contributed by atoms with E-state index in [1.807, 2.05) is 7.05 Å². The molecule has 20 heavy (non-hydrogen) atoms. The van der Waals surface area contributed by atoms with Crippen LogP contribution in [0.4, 0.5) is 0 Å². The topological polar surface area (TPSA) is 68.0 Å². The fourth-order valence-electron chi connectivity index (χ4n) is 3.07. The Balaban J connectivity index is 2.34. The average molecular weight is 279 g/mol. The molecule has 0 aliphatic heterocycles. The molecule has 1 aliphatic carbocycles. The first-order chi connectivity index (χ1) is 9.24. The van der Waals surface area contributed by atoms with Gasteiger partial charge in [0.15, 0.2) is 5.82 Å². The molecule has 1 heterocycles. The number of rotatable bonds is 3. The van der Waals surface area contributed by atoms with Crippen molar-refractivity contribution in [3.63, 3.8) is 0 Å². The molecule has 1 aliphatic rings. The Hall–Kier alpha value is -1.39. The molecule has 112 valence electrons. The summed E-state index contributed by atoms with van der Waals surface area (Å²) in [6.07, 6.45) is 2.70. The molecule has 3 atom stereocenters. The van der Waals surface area contributed by atoms with E-state index in [1.54, 1.807) is 4.68 Å². The minimum absolute atomic E-state index is 0.00829. The number of hydrogen-bond donors (Lipinski definition) is 1. The molecule has 0 amide bonds. The van der Waals surface area contributed by atoms with Gasteiger partial charge in [0.1, 0.15) is 5.82 Å². The van der Waals surface area contributed by atoms with Crippen LogP contribution in [-0.2, 0) is 17.3 Å². The van der Waals surface area contributed by atoms with Gasteiger partial charge in [0.05, 0.1) is 5.92 Å². The lowest BCUT2D eigenvalue weighted by atomic mass is 9.94. The van der Waals surface area contributed by atoms with E-state index >= 15 is 0 Å². The maximum absolute atomic E-state index is 11.5. The maximum atomic E-state index is 11.5. The molecule has 5 heteroatoms. The Kier molecular flexibility index (Phi) is 3.89. The molecule has 0 spiro atoms. The molecule has 1 N–H and O–H groups in total. The molecule has 1 saturated carbocycles. The standard InChI is InChI=1S/C15H25N3O2/c1-6-9-7-10(11(8-9)13(19)20)12-16-14(15(2,3)4)17-18(12)5/h9-11H,6-8H2,1-5H3,(H,19,20). The third-order valence-electron chi connectivity index (χ3n) is 4.35. The third kappa shape index (κ3) is 2.72. The summed E-state index contributed by atoms with van der Waals surface area (Å²) in [5.41, 5.74) is -0.114. The highest BCUT2D eigenvalue weighted by Crippen LogP contribution is 2.44. The third-order valence-corrected chi connectivity index (χ3v) is 4.35. The molecule has 5 nitrogen and oxygen atoms in total. The van der Waals surface area contributed by atoms with E-state index in [0.29, 0.717) is 5.92 Å². The number of carboxylic acid groups (broad SMARTS) is 1. The summed E-state index contributed by atoms with van der Waals surface area (Å²) in [7, 11) is 1.87. The number of aromatic nitrogens is 3. The van der Waals surface area contributed by atoms with Crippen LogP contribution < -0.4 is 0 Å². The van der Waals surface area contributed by atoms with Crippen LogP contribution in [0.15, 0.2) is 0 Å². The van der Waals surface area contributed by atoms with E-state index in [4.69, 9.17) is 0 Å². The smallest absolute Gasteiger partial charge is 0.307 e. The van der Waals surface area contributed by atoms with E-state index < -0.39 is 5.97 Å². The Morgan fingerprint density at radius 1 is 1.40 bits per heavy atom. The Morgan fingerprint density at radius 3 is 2.50 bits per heavy atom. The van der Waals surface area contributed by atoms with E-state index in [1.165, 1.54) is 0 Å². The summed E-state index contributed by atoms with van der Waals surface area (Å²) in [4.78, 5) is 16.2. The van der Waals surface area contributed by atoms with Gasteiger partial charge in [-0.2, -0.15) is 5.10 Å². The molecular weight excluding hydrogens is 254 g/mol. The van der Waals surface area contributed by atoms with E-state index in [-0.39, 0.29) is 17.3 Å². The fourth-order valence-corrected chi connectivity index (χ4v) is 3.07. The van der Waals surface area contributed by atoms with Crippen molar-refractivity contribution in [1.29, 1.82) is 0 Å². The van der Waals surface area contributed by atoms with Crippen molar-refractivity contribution >= 4 is 5.97 Å². The predicted molar refractivity (Wildman–Crippen MR) is 76.6 cm³/mol. The van der Waals surface area contributed by atoms with Crippen LogP contribution in [0.3, 0.4) is 0 Å². The molecule has 0 saturated heterocycles. The van der Waals surface area contributed by atoms with Crippen LogP contribution in [0.1, 0.15) is 64.5 Å². The van der Waals surface area contributed by atoms with Crippen LogP contribution in [0, 0.1) is 11.8 Å². The first-order valence-electron chi connectivity index (χ1n) is 7.38.